The molecular weight excluding hydrogens is 434 g/mol. The first-order valence-corrected chi connectivity index (χ1v) is 9.98. The van der Waals surface area contributed by atoms with E-state index in [9.17, 15) is 18.4 Å². The Morgan fingerprint density at radius 2 is 1.56 bits per heavy atom. The van der Waals surface area contributed by atoms with Crippen molar-refractivity contribution in [2.45, 2.75) is 6.61 Å². The number of ether oxygens (including phenoxy) is 1. The molecule has 2 amide bonds. The highest BCUT2D eigenvalue weighted by molar-refractivity contribution is 7.80. The first-order chi connectivity index (χ1) is 15.5. The minimum Gasteiger partial charge on any atom is -0.488 e. The second-order valence-electron chi connectivity index (χ2n) is 6.83. The lowest BCUT2D eigenvalue weighted by Gasteiger charge is -2.29. The average Bonchev–Trinajstić information content (AvgIpc) is 2.78. The summed E-state index contributed by atoms with van der Waals surface area (Å²) >= 11 is 5.09. The number of carbonyl (C=O) groups excluding carboxylic acids is 2. The molecule has 0 unspecified atom stereocenters. The van der Waals surface area contributed by atoms with Gasteiger partial charge in [0.1, 0.15) is 29.6 Å². The standard InChI is InChI=1S/C24H16F2N2O3S/c25-18-9-3-1-8-16(18)14-31-21-12-6-2-7-15(21)13-17-22(29)27-24(32)28(23(17)30)20-11-5-4-10-19(20)26/h1-13H,14H2,(H,27,29,32)/b17-13+. The largest absolute Gasteiger partial charge is 0.488 e. The van der Waals surface area contributed by atoms with Crippen LogP contribution in [0.2, 0.25) is 0 Å². The summed E-state index contributed by atoms with van der Waals surface area (Å²) in [5, 5.41) is 2.20. The Kier molecular flexibility index (Phi) is 6.04. The number of benzene rings is 3. The minimum absolute atomic E-state index is 0.0432. The second kappa shape index (κ2) is 9.07. The maximum Gasteiger partial charge on any atom is 0.270 e. The Bertz CT molecular complexity index is 1260. The molecule has 1 fully saturated rings. The van der Waals surface area contributed by atoms with E-state index in [1.54, 1.807) is 48.5 Å². The number of nitrogens with one attached hydrogen (secondary N) is 1. The van der Waals surface area contributed by atoms with Gasteiger partial charge in [-0.1, -0.05) is 48.5 Å². The summed E-state index contributed by atoms with van der Waals surface area (Å²) in [6, 6.07) is 18.5. The van der Waals surface area contributed by atoms with Gasteiger partial charge in [0.05, 0.1) is 5.69 Å². The van der Waals surface area contributed by atoms with E-state index >= 15 is 0 Å². The Morgan fingerprint density at radius 3 is 2.31 bits per heavy atom. The zero-order chi connectivity index (χ0) is 22.7. The number of amides is 2. The summed E-state index contributed by atoms with van der Waals surface area (Å²) in [4.78, 5) is 26.5. The van der Waals surface area contributed by atoms with Crippen LogP contribution in [0.5, 0.6) is 5.75 Å². The van der Waals surface area contributed by atoms with E-state index in [1.165, 1.54) is 30.3 Å². The van der Waals surface area contributed by atoms with Crippen LogP contribution < -0.4 is 15.0 Å². The molecule has 160 valence electrons. The van der Waals surface area contributed by atoms with E-state index in [2.05, 4.69) is 5.32 Å². The molecule has 32 heavy (non-hydrogen) atoms. The highest BCUT2D eigenvalue weighted by Gasteiger charge is 2.35. The SMILES string of the molecule is O=C1NC(=S)N(c2ccccc2F)C(=O)/C1=C/c1ccccc1OCc1ccccc1F. The summed E-state index contributed by atoms with van der Waals surface area (Å²) in [5.41, 5.74) is 0.461. The van der Waals surface area contributed by atoms with Crippen molar-refractivity contribution in [2.75, 3.05) is 4.90 Å². The Labute approximate surface area is 187 Å². The molecule has 0 spiro atoms. The van der Waals surface area contributed by atoms with Crippen molar-refractivity contribution in [1.29, 1.82) is 0 Å². The number of nitrogens with zero attached hydrogens (tertiary/aromatic N) is 1. The lowest BCUT2D eigenvalue weighted by molar-refractivity contribution is -0.122. The van der Waals surface area contributed by atoms with E-state index in [4.69, 9.17) is 17.0 Å². The lowest BCUT2D eigenvalue weighted by Crippen LogP contribution is -2.54. The summed E-state index contributed by atoms with van der Waals surface area (Å²) in [6.07, 6.45) is 1.34. The smallest absolute Gasteiger partial charge is 0.270 e. The van der Waals surface area contributed by atoms with Gasteiger partial charge in [0, 0.05) is 11.1 Å². The van der Waals surface area contributed by atoms with Gasteiger partial charge in [0.15, 0.2) is 5.11 Å². The van der Waals surface area contributed by atoms with Crippen molar-refractivity contribution in [3.63, 3.8) is 0 Å². The second-order valence-corrected chi connectivity index (χ2v) is 7.21. The third kappa shape index (κ3) is 4.26. The summed E-state index contributed by atoms with van der Waals surface area (Å²) in [7, 11) is 0. The summed E-state index contributed by atoms with van der Waals surface area (Å²) < 4.78 is 33.9. The Hall–Kier alpha value is -3.91. The van der Waals surface area contributed by atoms with Crippen LogP contribution in [-0.4, -0.2) is 16.9 Å². The molecule has 3 aromatic rings. The quantitative estimate of drug-likeness (QED) is 0.356. The van der Waals surface area contributed by atoms with Crippen molar-refractivity contribution >= 4 is 40.9 Å². The molecule has 0 bridgehead atoms. The van der Waals surface area contributed by atoms with Crippen LogP contribution >= 0.6 is 12.2 Å². The van der Waals surface area contributed by atoms with Crippen molar-refractivity contribution in [3.8, 4) is 5.75 Å². The van der Waals surface area contributed by atoms with Crippen LogP contribution in [-0.2, 0) is 16.2 Å². The van der Waals surface area contributed by atoms with E-state index in [0.29, 0.717) is 16.9 Å². The maximum absolute atomic E-state index is 14.3. The molecule has 0 aromatic heterocycles. The van der Waals surface area contributed by atoms with Gasteiger partial charge in [-0.2, -0.15) is 0 Å². The molecule has 0 aliphatic carbocycles. The van der Waals surface area contributed by atoms with Crippen LogP contribution in [0.15, 0.2) is 78.4 Å². The molecular formula is C24H16F2N2O3S. The fourth-order valence-electron chi connectivity index (χ4n) is 3.17. The molecule has 1 N–H and O–H groups in total. The van der Waals surface area contributed by atoms with Crippen molar-refractivity contribution in [2.24, 2.45) is 0 Å². The molecule has 8 heteroatoms. The Balaban J connectivity index is 1.66. The third-order valence-electron chi connectivity index (χ3n) is 4.75. The number of thiocarbonyl (C=S) groups is 1. The van der Waals surface area contributed by atoms with Crippen LogP contribution in [0.4, 0.5) is 14.5 Å². The first-order valence-electron chi connectivity index (χ1n) is 9.57. The van der Waals surface area contributed by atoms with Crippen LogP contribution in [0.1, 0.15) is 11.1 Å². The van der Waals surface area contributed by atoms with E-state index in [-0.39, 0.29) is 23.0 Å². The zero-order valence-corrected chi connectivity index (χ0v) is 17.4. The van der Waals surface area contributed by atoms with Crippen LogP contribution in [0.25, 0.3) is 6.08 Å². The van der Waals surface area contributed by atoms with Gasteiger partial charge in [-0.15, -0.1) is 0 Å². The van der Waals surface area contributed by atoms with E-state index in [0.717, 1.165) is 4.90 Å². The summed E-state index contributed by atoms with van der Waals surface area (Å²) in [5.74, 6) is -2.20. The number of hydrogen-bond donors (Lipinski definition) is 1. The fourth-order valence-corrected chi connectivity index (χ4v) is 3.44. The van der Waals surface area contributed by atoms with E-state index in [1.807, 2.05) is 0 Å². The summed E-state index contributed by atoms with van der Waals surface area (Å²) in [6.45, 7) is -0.0432. The van der Waals surface area contributed by atoms with Crippen LogP contribution in [0, 0.1) is 11.6 Å². The molecule has 1 saturated heterocycles. The van der Waals surface area contributed by atoms with Gasteiger partial charge in [-0.25, -0.2) is 13.7 Å². The normalized spacial score (nSPS) is 15.1. The predicted octanol–water partition coefficient (Wildman–Crippen LogP) is 4.38. The fraction of sp³-hybridized carbons (Fsp3) is 0.0417. The molecule has 5 nitrogen and oxygen atoms in total. The van der Waals surface area contributed by atoms with Crippen molar-refractivity contribution in [3.05, 3.63) is 101 Å². The highest BCUT2D eigenvalue weighted by atomic mass is 32.1. The van der Waals surface area contributed by atoms with E-state index < -0.39 is 23.4 Å². The minimum atomic E-state index is -0.771. The van der Waals surface area contributed by atoms with Gasteiger partial charge in [0.25, 0.3) is 11.8 Å². The molecule has 0 saturated carbocycles. The molecule has 0 atom stereocenters. The van der Waals surface area contributed by atoms with Crippen molar-refractivity contribution < 1.29 is 23.1 Å². The highest BCUT2D eigenvalue weighted by Crippen LogP contribution is 2.27. The van der Waals surface area contributed by atoms with Gasteiger partial charge in [-0.3, -0.25) is 14.9 Å². The molecule has 1 aliphatic heterocycles. The lowest BCUT2D eigenvalue weighted by atomic mass is 10.1. The monoisotopic (exact) mass is 450 g/mol. The number of para-hydroxylation sites is 2. The molecule has 1 aliphatic rings. The van der Waals surface area contributed by atoms with Gasteiger partial charge in [0.2, 0.25) is 0 Å². The molecule has 1 heterocycles. The molecule has 4 rings (SSSR count). The van der Waals surface area contributed by atoms with Crippen molar-refractivity contribution in [1.82, 2.24) is 5.32 Å². The first kappa shape index (κ1) is 21.3. The number of carbonyl (C=O) groups is 2. The van der Waals surface area contributed by atoms with Gasteiger partial charge in [-0.05, 0) is 42.6 Å². The molecule has 3 aromatic carbocycles. The number of rotatable bonds is 5. The molecule has 0 radical (unpaired) electrons. The van der Waals surface area contributed by atoms with Gasteiger partial charge < -0.3 is 4.74 Å². The number of hydrogen-bond acceptors (Lipinski definition) is 4. The third-order valence-corrected chi connectivity index (χ3v) is 5.04. The number of halogens is 2. The predicted molar refractivity (Wildman–Crippen MR) is 120 cm³/mol. The maximum atomic E-state index is 14.3. The average molecular weight is 450 g/mol. The van der Waals surface area contributed by atoms with Gasteiger partial charge >= 0.3 is 0 Å². The van der Waals surface area contributed by atoms with Crippen LogP contribution in [0.3, 0.4) is 0 Å². The zero-order valence-electron chi connectivity index (χ0n) is 16.5. The Morgan fingerprint density at radius 1 is 0.906 bits per heavy atom. The number of anilines is 1. The topological polar surface area (TPSA) is 58.6 Å².